The summed E-state index contributed by atoms with van der Waals surface area (Å²) in [6, 6.07) is 0. The van der Waals surface area contributed by atoms with Crippen LogP contribution in [0.1, 0.15) is 10.5 Å². The van der Waals surface area contributed by atoms with Crippen molar-refractivity contribution in [1.29, 1.82) is 0 Å². The van der Waals surface area contributed by atoms with Gasteiger partial charge in [0.25, 0.3) is 5.91 Å². The van der Waals surface area contributed by atoms with Gasteiger partial charge in [-0.05, 0) is 0 Å². The van der Waals surface area contributed by atoms with Crippen LogP contribution in [0.5, 0.6) is 0 Å². The van der Waals surface area contributed by atoms with E-state index < -0.39 is 15.9 Å². The fourth-order valence-corrected chi connectivity index (χ4v) is 1.90. The minimum atomic E-state index is -3.97. The molecule has 0 unspecified atom stereocenters. The number of hydrogen-bond acceptors (Lipinski definition) is 6. The van der Waals surface area contributed by atoms with E-state index in [0.29, 0.717) is 0 Å². The third-order valence-corrected chi connectivity index (χ3v) is 2.89. The summed E-state index contributed by atoms with van der Waals surface area (Å²) in [6.07, 6.45) is 2.38. The van der Waals surface area contributed by atoms with Crippen molar-refractivity contribution in [2.24, 2.45) is 12.2 Å². The molecule has 2 aromatic rings. The van der Waals surface area contributed by atoms with Gasteiger partial charge >= 0.3 is 0 Å². The number of nitrogens with zero attached hydrogens (tertiary/aromatic N) is 4. The van der Waals surface area contributed by atoms with E-state index in [1.807, 2.05) is 0 Å². The lowest BCUT2D eigenvalue weighted by atomic mass is 10.4. The predicted molar refractivity (Wildman–Crippen MR) is 58.9 cm³/mol. The molecule has 18 heavy (non-hydrogen) atoms. The van der Waals surface area contributed by atoms with Crippen molar-refractivity contribution in [1.82, 2.24) is 25.2 Å². The van der Waals surface area contributed by atoms with Crippen molar-refractivity contribution in [3.63, 3.8) is 0 Å². The number of nitrogens with two attached hydrogens (primary N) is 1. The second kappa shape index (κ2) is 4.19. The van der Waals surface area contributed by atoms with Crippen molar-refractivity contribution < 1.29 is 13.2 Å². The van der Waals surface area contributed by atoms with Crippen LogP contribution in [0.15, 0.2) is 17.3 Å². The highest BCUT2D eigenvalue weighted by molar-refractivity contribution is 7.89. The molecule has 0 aliphatic carbocycles. The predicted octanol–water partition coefficient (Wildman–Crippen LogP) is -1.56. The first kappa shape index (κ1) is 12.2. The van der Waals surface area contributed by atoms with E-state index in [1.165, 1.54) is 24.1 Å². The third kappa shape index (κ3) is 2.36. The van der Waals surface area contributed by atoms with E-state index in [1.54, 1.807) is 0 Å². The number of carbonyl (C=O) groups excluding carboxylic acids is 1. The summed E-state index contributed by atoms with van der Waals surface area (Å²) >= 11 is 0. The molecule has 0 atom stereocenters. The molecule has 2 aromatic heterocycles. The first-order valence-electron chi connectivity index (χ1n) is 4.61. The number of nitrogens with one attached hydrogen (secondary N) is 2. The summed E-state index contributed by atoms with van der Waals surface area (Å²) in [4.78, 5) is 11.4. The number of amides is 1. The van der Waals surface area contributed by atoms with Crippen LogP contribution >= 0.6 is 0 Å². The van der Waals surface area contributed by atoms with Crippen LogP contribution < -0.4 is 10.5 Å². The maximum atomic E-state index is 11.6. The molecule has 2 rings (SSSR count). The van der Waals surface area contributed by atoms with Crippen molar-refractivity contribution in [2.75, 3.05) is 5.32 Å². The summed E-state index contributed by atoms with van der Waals surface area (Å²) in [7, 11) is -2.47. The van der Waals surface area contributed by atoms with Gasteiger partial charge in [0, 0.05) is 13.2 Å². The molecular formula is C7H9N7O3S. The first-order valence-corrected chi connectivity index (χ1v) is 6.16. The number of anilines is 1. The zero-order chi connectivity index (χ0) is 13.3. The summed E-state index contributed by atoms with van der Waals surface area (Å²) in [5.41, 5.74) is 0.000947. The second-order valence-electron chi connectivity index (χ2n) is 3.37. The van der Waals surface area contributed by atoms with Gasteiger partial charge in [0.1, 0.15) is 4.90 Å². The number of hydrogen-bond donors (Lipinski definition) is 3. The van der Waals surface area contributed by atoms with Gasteiger partial charge in [-0.3, -0.25) is 9.48 Å². The molecule has 0 aliphatic heterocycles. The molecular weight excluding hydrogens is 262 g/mol. The summed E-state index contributed by atoms with van der Waals surface area (Å²) in [5.74, 6) is -0.805. The number of rotatable bonds is 3. The fourth-order valence-electron chi connectivity index (χ4n) is 1.24. The van der Waals surface area contributed by atoms with Gasteiger partial charge in [-0.15, -0.1) is 0 Å². The Bertz CT molecular complexity index is 672. The van der Waals surface area contributed by atoms with Crippen LogP contribution in [0.4, 0.5) is 5.82 Å². The summed E-state index contributed by atoms with van der Waals surface area (Å²) in [6.45, 7) is 0. The molecule has 10 nitrogen and oxygen atoms in total. The number of sulfonamides is 1. The Labute approximate surface area is 101 Å². The Morgan fingerprint density at radius 3 is 2.83 bits per heavy atom. The lowest BCUT2D eigenvalue weighted by Crippen LogP contribution is -2.18. The molecule has 96 valence electrons. The molecule has 0 aliphatic rings. The van der Waals surface area contributed by atoms with E-state index in [0.717, 1.165) is 0 Å². The fraction of sp³-hybridized carbons (Fsp3) is 0.143. The van der Waals surface area contributed by atoms with Gasteiger partial charge in [-0.25, -0.2) is 13.6 Å². The molecule has 2 heterocycles. The molecule has 4 N–H and O–H groups in total. The highest BCUT2D eigenvalue weighted by Crippen LogP contribution is 2.17. The summed E-state index contributed by atoms with van der Waals surface area (Å²) in [5, 5.41) is 20.3. The number of aromatic amines is 1. The largest absolute Gasteiger partial charge is 0.302 e. The molecule has 0 fully saturated rings. The Balaban J connectivity index is 2.33. The van der Waals surface area contributed by atoms with Crippen molar-refractivity contribution in [3.05, 3.63) is 18.1 Å². The van der Waals surface area contributed by atoms with Crippen LogP contribution in [0, 0.1) is 0 Å². The number of aryl methyl sites for hydroxylation is 1. The standard InChI is InChI=1S/C7H9N7O3S/c1-14-3-5(18(8,16)17)6(12-14)10-7(15)4-2-9-13-11-4/h2-3H,1H3,(H2,8,16,17)(H,9,11,13)(H,10,12,15). The minimum Gasteiger partial charge on any atom is -0.302 e. The van der Waals surface area contributed by atoms with Crippen LogP contribution in [-0.4, -0.2) is 39.5 Å². The Hall–Kier alpha value is -2.27. The molecule has 0 aromatic carbocycles. The highest BCUT2D eigenvalue weighted by Gasteiger charge is 2.21. The molecule has 0 radical (unpaired) electrons. The van der Waals surface area contributed by atoms with E-state index in [-0.39, 0.29) is 16.4 Å². The lowest BCUT2D eigenvalue weighted by molar-refractivity contribution is 0.102. The Morgan fingerprint density at radius 2 is 2.28 bits per heavy atom. The number of primary sulfonamides is 1. The smallest absolute Gasteiger partial charge is 0.279 e. The Kier molecular flexibility index (Phi) is 2.84. The lowest BCUT2D eigenvalue weighted by Gasteiger charge is -2.00. The van der Waals surface area contributed by atoms with E-state index in [9.17, 15) is 13.2 Å². The molecule has 0 spiro atoms. The topological polar surface area (TPSA) is 149 Å². The number of H-pyrrole nitrogens is 1. The van der Waals surface area contributed by atoms with Gasteiger partial charge in [-0.1, -0.05) is 0 Å². The molecule has 11 heteroatoms. The van der Waals surface area contributed by atoms with Gasteiger partial charge < -0.3 is 5.32 Å². The molecule has 0 saturated carbocycles. The maximum absolute atomic E-state index is 11.6. The second-order valence-corrected chi connectivity index (χ2v) is 4.90. The average Bonchev–Trinajstić information content (AvgIpc) is 2.85. The Morgan fingerprint density at radius 1 is 1.56 bits per heavy atom. The van der Waals surface area contributed by atoms with Gasteiger partial charge in [0.05, 0.1) is 6.20 Å². The normalized spacial score (nSPS) is 11.4. The molecule has 1 amide bonds. The third-order valence-electron chi connectivity index (χ3n) is 1.98. The number of aromatic nitrogens is 5. The molecule has 0 bridgehead atoms. The average molecular weight is 271 g/mol. The first-order chi connectivity index (χ1) is 8.38. The van der Waals surface area contributed by atoms with Crippen LogP contribution in [-0.2, 0) is 17.1 Å². The van der Waals surface area contributed by atoms with Gasteiger partial charge in [-0.2, -0.15) is 20.5 Å². The van der Waals surface area contributed by atoms with Crippen LogP contribution in [0.25, 0.3) is 0 Å². The van der Waals surface area contributed by atoms with E-state index >= 15 is 0 Å². The zero-order valence-electron chi connectivity index (χ0n) is 9.15. The van der Waals surface area contributed by atoms with Crippen LogP contribution in [0.2, 0.25) is 0 Å². The van der Waals surface area contributed by atoms with Crippen molar-refractivity contribution >= 4 is 21.7 Å². The van der Waals surface area contributed by atoms with E-state index in [4.69, 9.17) is 5.14 Å². The number of carbonyl (C=O) groups is 1. The molecule has 0 saturated heterocycles. The van der Waals surface area contributed by atoms with Crippen molar-refractivity contribution in [3.8, 4) is 0 Å². The van der Waals surface area contributed by atoms with Gasteiger partial charge in [0.15, 0.2) is 11.5 Å². The summed E-state index contributed by atoms with van der Waals surface area (Å²) < 4.78 is 23.8. The van der Waals surface area contributed by atoms with Crippen molar-refractivity contribution in [2.45, 2.75) is 4.90 Å². The minimum absolute atomic E-state index is 0.000947. The zero-order valence-corrected chi connectivity index (χ0v) is 9.97. The highest BCUT2D eigenvalue weighted by atomic mass is 32.2. The van der Waals surface area contributed by atoms with Gasteiger partial charge in [0.2, 0.25) is 10.0 Å². The van der Waals surface area contributed by atoms with Crippen LogP contribution in [0.3, 0.4) is 0 Å². The monoisotopic (exact) mass is 271 g/mol. The SMILES string of the molecule is Cn1cc(S(N)(=O)=O)c(NC(=O)c2cn[nH]n2)n1. The maximum Gasteiger partial charge on any atom is 0.279 e. The van der Waals surface area contributed by atoms with E-state index in [2.05, 4.69) is 25.8 Å². The quantitative estimate of drug-likeness (QED) is 0.614.